The van der Waals surface area contributed by atoms with E-state index in [0.29, 0.717) is 28.7 Å². The van der Waals surface area contributed by atoms with Gasteiger partial charge in [-0.1, -0.05) is 11.6 Å². The van der Waals surface area contributed by atoms with Gasteiger partial charge in [-0.25, -0.2) is 0 Å². The zero-order chi connectivity index (χ0) is 13.1. The van der Waals surface area contributed by atoms with Crippen molar-refractivity contribution in [3.8, 4) is 11.5 Å². The second-order valence-electron chi connectivity index (χ2n) is 3.84. The maximum absolute atomic E-state index is 11.4. The summed E-state index contributed by atoms with van der Waals surface area (Å²) in [6.45, 7) is 2.25. The van der Waals surface area contributed by atoms with Gasteiger partial charge in [-0.2, -0.15) is 0 Å². The smallest absolute Gasteiger partial charge is 0.307 e. The molecule has 0 aliphatic carbocycles. The Labute approximate surface area is 122 Å². The molecule has 0 spiro atoms. The van der Waals surface area contributed by atoms with Crippen LogP contribution in [0.25, 0.3) is 0 Å². The number of carbonyl (C=O) groups is 1. The number of halogens is 2. The molecule has 0 saturated heterocycles. The van der Waals surface area contributed by atoms with Gasteiger partial charge in [-0.05, 0) is 18.6 Å². The van der Waals surface area contributed by atoms with Crippen LogP contribution in [0.2, 0.25) is 5.02 Å². The molecule has 1 aromatic rings. The zero-order valence-electron chi connectivity index (χ0n) is 10.3. The minimum absolute atomic E-state index is 0. The fourth-order valence-electron chi connectivity index (χ4n) is 1.73. The molecular formula is C12H15Cl2NO4. The molecule has 1 atom stereocenters. The Morgan fingerprint density at radius 2 is 2.11 bits per heavy atom. The molecule has 1 aromatic carbocycles. The number of hydrogen-bond donors (Lipinski definition) is 1. The predicted molar refractivity (Wildman–Crippen MR) is 73.0 cm³/mol. The quantitative estimate of drug-likeness (QED) is 0.865. The van der Waals surface area contributed by atoms with Crippen LogP contribution in [-0.2, 0) is 9.53 Å². The molecule has 19 heavy (non-hydrogen) atoms. The Kier molecular flexibility index (Phi) is 5.72. The van der Waals surface area contributed by atoms with E-state index >= 15 is 0 Å². The number of carbonyl (C=O) groups excluding carboxylic acids is 1. The lowest BCUT2D eigenvalue weighted by Crippen LogP contribution is -2.17. The molecule has 0 saturated carbocycles. The monoisotopic (exact) mass is 307 g/mol. The first-order valence-electron chi connectivity index (χ1n) is 5.62. The number of hydrogen-bond acceptors (Lipinski definition) is 5. The Morgan fingerprint density at radius 3 is 2.74 bits per heavy atom. The Balaban J connectivity index is 0.00000180. The molecule has 5 nitrogen and oxygen atoms in total. The van der Waals surface area contributed by atoms with Crippen molar-refractivity contribution in [1.29, 1.82) is 0 Å². The highest BCUT2D eigenvalue weighted by molar-refractivity contribution is 6.31. The van der Waals surface area contributed by atoms with Crippen molar-refractivity contribution in [2.24, 2.45) is 5.73 Å². The van der Waals surface area contributed by atoms with Crippen LogP contribution < -0.4 is 15.2 Å². The summed E-state index contributed by atoms with van der Waals surface area (Å²) < 4.78 is 15.3. The second kappa shape index (κ2) is 6.84. The van der Waals surface area contributed by atoms with Gasteiger partial charge in [0.25, 0.3) is 0 Å². The normalized spacial score (nSPS) is 13.6. The van der Waals surface area contributed by atoms with Gasteiger partial charge < -0.3 is 19.9 Å². The number of fused-ring (bicyclic) bond motifs is 1. The largest absolute Gasteiger partial charge is 0.466 e. The third-order valence-corrected chi connectivity index (χ3v) is 2.91. The second-order valence-corrected chi connectivity index (χ2v) is 4.25. The summed E-state index contributed by atoms with van der Waals surface area (Å²) >= 11 is 6.10. The number of rotatable bonds is 4. The van der Waals surface area contributed by atoms with Crippen LogP contribution in [0.1, 0.15) is 24.9 Å². The van der Waals surface area contributed by atoms with E-state index in [9.17, 15) is 4.79 Å². The van der Waals surface area contributed by atoms with Crippen LogP contribution in [0.4, 0.5) is 0 Å². The third kappa shape index (κ3) is 3.65. The van der Waals surface area contributed by atoms with Crippen LogP contribution in [0.5, 0.6) is 11.5 Å². The molecule has 0 bridgehead atoms. The first kappa shape index (κ1) is 15.9. The highest BCUT2D eigenvalue weighted by Crippen LogP contribution is 2.38. The minimum Gasteiger partial charge on any atom is -0.466 e. The molecule has 106 valence electrons. The van der Waals surface area contributed by atoms with Crippen molar-refractivity contribution < 1.29 is 19.0 Å². The van der Waals surface area contributed by atoms with Crippen LogP contribution >= 0.6 is 24.0 Å². The summed E-state index contributed by atoms with van der Waals surface area (Å²) in [6, 6.07) is 2.82. The minimum atomic E-state index is -0.522. The fourth-order valence-corrected chi connectivity index (χ4v) is 2.02. The van der Waals surface area contributed by atoms with Crippen molar-refractivity contribution in [1.82, 2.24) is 0 Å². The van der Waals surface area contributed by atoms with Crippen LogP contribution in [0, 0.1) is 0 Å². The van der Waals surface area contributed by atoms with Gasteiger partial charge in [0.2, 0.25) is 6.79 Å². The molecule has 2 N–H and O–H groups in total. The van der Waals surface area contributed by atoms with Crippen molar-refractivity contribution >= 4 is 30.0 Å². The number of benzene rings is 1. The van der Waals surface area contributed by atoms with Crippen molar-refractivity contribution in [3.05, 3.63) is 22.7 Å². The highest BCUT2D eigenvalue weighted by atomic mass is 35.5. The van der Waals surface area contributed by atoms with Crippen LogP contribution in [-0.4, -0.2) is 19.4 Å². The summed E-state index contributed by atoms with van der Waals surface area (Å²) in [4.78, 5) is 11.4. The summed E-state index contributed by atoms with van der Waals surface area (Å²) in [5, 5.41) is 0.455. The predicted octanol–water partition coefficient (Wildman–Crippen LogP) is 2.44. The summed E-state index contributed by atoms with van der Waals surface area (Å²) in [7, 11) is 0. The van der Waals surface area contributed by atoms with Crippen molar-refractivity contribution in [2.75, 3.05) is 13.4 Å². The molecule has 7 heteroatoms. The van der Waals surface area contributed by atoms with E-state index in [2.05, 4.69) is 0 Å². The topological polar surface area (TPSA) is 70.8 Å². The molecule has 0 unspecified atom stereocenters. The zero-order valence-corrected chi connectivity index (χ0v) is 11.9. The fraction of sp³-hybridized carbons (Fsp3) is 0.417. The van der Waals surface area contributed by atoms with Crippen LogP contribution in [0.3, 0.4) is 0 Å². The lowest BCUT2D eigenvalue weighted by Gasteiger charge is -2.13. The lowest BCUT2D eigenvalue weighted by molar-refractivity contribution is -0.143. The van der Waals surface area contributed by atoms with E-state index in [-0.39, 0.29) is 31.6 Å². The lowest BCUT2D eigenvalue weighted by atomic mass is 10.0. The van der Waals surface area contributed by atoms with Gasteiger partial charge in [-0.15, -0.1) is 12.4 Å². The number of nitrogens with two attached hydrogens (primary N) is 1. The molecule has 0 amide bonds. The molecule has 1 aliphatic rings. The van der Waals surface area contributed by atoms with E-state index in [1.165, 1.54) is 0 Å². The van der Waals surface area contributed by atoms with E-state index in [0.717, 1.165) is 0 Å². The molecule has 0 fully saturated rings. The first-order valence-corrected chi connectivity index (χ1v) is 6.00. The standard InChI is InChI=1S/C12H14ClNO4.ClH/c1-2-16-12(15)5-9(14)7-3-10-11(4-8(7)13)18-6-17-10;/h3-4,9H,2,5-6,14H2,1H3;1H/t9-;/m1./s1. The van der Waals surface area contributed by atoms with Crippen LogP contribution in [0.15, 0.2) is 12.1 Å². The third-order valence-electron chi connectivity index (χ3n) is 2.58. The van der Waals surface area contributed by atoms with E-state index < -0.39 is 6.04 Å². The molecule has 1 heterocycles. The molecule has 2 rings (SSSR count). The molecular weight excluding hydrogens is 293 g/mol. The summed E-state index contributed by atoms with van der Waals surface area (Å²) in [6.07, 6.45) is 0.0766. The van der Waals surface area contributed by atoms with E-state index in [1.807, 2.05) is 0 Å². The van der Waals surface area contributed by atoms with Crippen molar-refractivity contribution in [2.45, 2.75) is 19.4 Å². The molecule has 0 radical (unpaired) electrons. The average Bonchev–Trinajstić information content (AvgIpc) is 2.74. The maximum Gasteiger partial charge on any atom is 0.307 e. The van der Waals surface area contributed by atoms with Gasteiger partial charge in [0, 0.05) is 17.1 Å². The SMILES string of the molecule is CCOC(=O)C[C@@H](N)c1cc2c(cc1Cl)OCO2.Cl. The van der Waals surface area contributed by atoms with Gasteiger partial charge in [0.1, 0.15) is 0 Å². The van der Waals surface area contributed by atoms with Gasteiger partial charge in [-0.3, -0.25) is 4.79 Å². The number of ether oxygens (including phenoxy) is 3. The van der Waals surface area contributed by atoms with E-state index in [1.54, 1.807) is 19.1 Å². The average molecular weight is 308 g/mol. The van der Waals surface area contributed by atoms with Gasteiger partial charge in [0.15, 0.2) is 11.5 Å². The highest BCUT2D eigenvalue weighted by Gasteiger charge is 2.21. The Morgan fingerprint density at radius 1 is 1.47 bits per heavy atom. The molecule has 1 aliphatic heterocycles. The Hall–Kier alpha value is -1.17. The van der Waals surface area contributed by atoms with Crippen molar-refractivity contribution in [3.63, 3.8) is 0 Å². The maximum atomic E-state index is 11.4. The molecule has 0 aromatic heterocycles. The van der Waals surface area contributed by atoms with Gasteiger partial charge >= 0.3 is 5.97 Å². The summed E-state index contributed by atoms with van der Waals surface area (Å²) in [5.74, 6) is 0.833. The number of esters is 1. The first-order chi connectivity index (χ1) is 8.61. The van der Waals surface area contributed by atoms with Gasteiger partial charge in [0.05, 0.1) is 13.0 Å². The van der Waals surface area contributed by atoms with E-state index in [4.69, 9.17) is 31.5 Å². The Bertz CT molecular complexity index is 467. The summed E-state index contributed by atoms with van der Waals surface area (Å²) in [5.41, 5.74) is 6.59.